The first-order chi connectivity index (χ1) is 19.0. The minimum atomic E-state index is 0. The van der Waals surface area contributed by atoms with Gasteiger partial charge in [0, 0.05) is 59.0 Å². The van der Waals surface area contributed by atoms with Gasteiger partial charge in [0.15, 0.2) is 5.82 Å². The maximum absolute atomic E-state index is 12.7. The lowest BCUT2D eigenvalue weighted by atomic mass is 10.2. The number of rotatable bonds is 11. The molecule has 2 aromatic heterocycles. The van der Waals surface area contributed by atoms with Crippen LogP contribution in [0.3, 0.4) is 0 Å². The summed E-state index contributed by atoms with van der Waals surface area (Å²) >= 11 is 1.71. The smallest absolute Gasteiger partial charge is 0.227 e. The fraction of sp³-hybridized carbons (Fsp3) is 0.414. The molecule has 1 saturated heterocycles. The van der Waals surface area contributed by atoms with Crippen molar-refractivity contribution in [3.8, 4) is 0 Å². The third-order valence-electron chi connectivity index (χ3n) is 6.96. The highest BCUT2D eigenvalue weighted by Gasteiger charge is 2.22. The molecule has 1 fully saturated rings. The molecule has 3 heterocycles. The van der Waals surface area contributed by atoms with Crippen molar-refractivity contribution in [3.63, 3.8) is 0 Å². The molecule has 0 saturated carbocycles. The summed E-state index contributed by atoms with van der Waals surface area (Å²) in [5.74, 6) is 1.35. The van der Waals surface area contributed by atoms with E-state index in [9.17, 15) is 9.59 Å². The van der Waals surface area contributed by atoms with Crippen molar-refractivity contribution >= 4 is 45.8 Å². The van der Waals surface area contributed by atoms with E-state index in [1.807, 2.05) is 60.5 Å². The third kappa shape index (κ3) is 8.09. The summed E-state index contributed by atoms with van der Waals surface area (Å²) in [5.41, 5.74) is 2.13. The molecule has 0 radical (unpaired) electrons. The second-order valence-electron chi connectivity index (χ2n) is 9.93. The highest BCUT2D eigenvalue weighted by Crippen LogP contribution is 2.23. The zero-order valence-corrected chi connectivity index (χ0v) is 24.3. The summed E-state index contributed by atoms with van der Waals surface area (Å²) in [6, 6.07) is 18.1. The molecule has 9 nitrogen and oxygen atoms in total. The largest absolute Gasteiger partial charge is 0.341 e. The van der Waals surface area contributed by atoms with E-state index in [1.54, 1.807) is 16.2 Å². The van der Waals surface area contributed by atoms with E-state index in [0.717, 1.165) is 42.0 Å². The zero-order chi connectivity index (χ0) is 27.0. The molecular weight excluding hydrogens is 548 g/mol. The molecule has 40 heavy (non-hydrogen) atoms. The van der Waals surface area contributed by atoms with Gasteiger partial charge in [0.1, 0.15) is 0 Å². The van der Waals surface area contributed by atoms with Crippen LogP contribution in [0, 0.1) is 0 Å². The SMILES string of the molecule is CN(Cc1ccccc1)C(=O)CCc1nc(CN2CCN(C(=O)CCCc3nc4ccccc4s3)CC2)no1.Cl. The van der Waals surface area contributed by atoms with E-state index in [4.69, 9.17) is 4.52 Å². The van der Waals surface area contributed by atoms with Gasteiger partial charge in [-0.3, -0.25) is 14.5 Å². The van der Waals surface area contributed by atoms with Crippen molar-refractivity contribution in [1.29, 1.82) is 0 Å². The van der Waals surface area contributed by atoms with Crippen LogP contribution in [0.2, 0.25) is 0 Å². The van der Waals surface area contributed by atoms with Crippen molar-refractivity contribution in [2.24, 2.45) is 0 Å². The molecule has 4 aromatic rings. The van der Waals surface area contributed by atoms with Crippen molar-refractivity contribution < 1.29 is 14.1 Å². The number of para-hydroxylation sites is 1. The van der Waals surface area contributed by atoms with Gasteiger partial charge < -0.3 is 14.3 Å². The maximum Gasteiger partial charge on any atom is 0.227 e. The minimum absolute atomic E-state index is 0. The quantitative estimate of drug-likeness (QED) is 0.259. The van der Waals surface area contributed by atoms with E-state index < -0.39 is 0 Å². The average molecular weight is 583 g/mol. The number of aryl methyl sites for hydroxylation is 2. The Bertz CT molecular complexity index is 1350. The monoisotopic (exact) mass is 582 g/mol. The van der Waals surface area contributed by atoms with Crippen LogP contribution in [0.15, 0.2) is 59.1 Å². The Balaban J connectivity index is 0.00000370. The number of piperazine rings is 1. The van der Waals surface area contributed by atoms with Crippen LogP contribution in [0.4, 0.5) is 0 Å². The molecule has 0 aliphatic carbocycles. The first-order valence-electron chi connectivity index (χ1n) is 13.5. The van der Waals surface area contributed by atoms with Gasteiger partial charge >= 0.3 is 0 Å². The predicted octanol–water partition coefficient (Wildman–Crippen LogP) is 4.36. The van der Waals surface area contributed by atoms with Crippen LogP contribution < -0.4 is 0 Å². The molecule has 0 spiro atoms. The number of carbonyl (C=O) groups is 2. The van der Waals surface area contributed by atoms with Gasteiger partial charge in [0.2, 0.25) is 17.7 Å². The van der Waals surface area contributed by atoms with Crippen molar-refractivity contribution in [3.05, 3.63) is 76.9 Å². The van der Waals surface area contributed by atoms with Crippen LogP contribution in [0.5, 0.6) is 0 Å². The summed E-state index contributed by atoms with van der Waals surface area (Å²) in [4.78, 5) is 40.3. The van der Waals surface area contributed by atoms with Crippen LogP contribution in [0.1, 0.15) is 41.5 Å². The number of aromatic nitrogens is 3. The van der Waals surface area contributed by atoms with Gasteiger partial charge in [-0.05, 0) is 30.5 Å². The summed E-state index contributed by atoms with van der Waals surface area (Å²) in [6.45, 7) is 4.10. The van der Waals surface area contributed by atoms with E-state index in [-0.39, 0.29) is 24.2 Å². The first kappa shape index (κ1) is 29.6. The standard InChI is InChI=1S/C29H34N6O3S.ClH/c1-33(20-22-8-3-2-4-9-22)28(36)15-14-26-31-25(32-38-26)21-34-16-18-35(19-17-34)29(37)13-7-12-27-30-23-10-5-6-11-24(23)39-27;/h2-6,8-11H,7,12-21H2,1H3;1H. The van der Waals surface area contributed by atoms with Gasteiger partial charge in [-0.15, -0.1) is 23.7 Å². The van der Waals surface area contributed by atoms with Gasteiger partial charge in [-0.2, -0.15) is 4.98 Å². The number of fused-ring (bicyclic) bond motifs is 1. The second kappa shape index (κ2) is 14.3. The molecule has 0 N–H and O–H groups in total. The lowest BCUT2D eigenvalue weighted by Crippen LogP contribution is -2.48. The number of thiazole rings is 1. The number of amides is 2. The highest BCUT2D eigenvalue weighted by molar-refractivity contribution is 7.18. The van der Waals surface area contributed by atoms with Crippen LogP contribution >= 0.6 is 23.7 Å². The minimum Gasteiger partial charge on any atom is -0.341 e. The molecule has 2 aromatic carbocycles. The summed E-state index contributed by atoms with van der Waals surface area (Å²) < 4.78 is 6.58. The first-order valence-corrected chi connectivity index (χ1v) is 14.3. The number of hydrogen-bond donors (Lipinski definition) is 0. The number of benzene rings is 2. The summed E-state index contributed by atoms with van der Waals surface area (Å²) in [7, 11) is 1.81. The summed E-state index contributed by atoms with van der Waals surface area (Å²) in [5, 5.41) is 5.20. The van der Waals surface area contributed by atoms with Crippen molar-refractivity contribution in [2.45, 2.75) is 45.2 Å². The van der Waals surface area contributed by atoms with Crippen molar-refractivity contribution in [2.75, 3.05) is 33.2 Å². The van der Waals surface area contributed by atoms with Gasteiger partial charge in [-0.25, -0.2) is 4.98 Å². The van der Waals surface area contributed by atoms with E-state index in [1.165, 1.54) is 4.70 Å². The Hall–Kier alpha value is -3.34. The molecule has 0 bridgehead atoms. The third-order valence-corrected chi connectivity index (χ3v) is 8.06. The second-order valence-corrected chi connectivity index (χ2v) is 11.0. The number of hydrogen-bond acceptors (Lipinski definition) is 8. The number of halogens is 1. The molecule has 11 heteroatoms. The molecule has 2 amide bonds. The molecule has 0 unspecified atom stereocenters. The zero-order valence-electron chi connectivity index (χ0n) is 22.7. The lowest BCUT2D eigenvalue weighted by molar-refractivity contribution is -0.133. The number of carbonyl (C=O) groups excluding carboxylic acids is 2. The fourth-order valence-electron chi connectivity index (χ4n) is 4.74. The Kier molecular flexibility index (Phi) is 10.6. The van der Waals surface area contributed by atoms with Gasteiger partial charge in [0.25, 0.3) is 0 Å². The fourth-order valence-corrected chi connectivity index (χ4v) is 5.75. The Morgan fingerprint density at radius 1 is 0.950 bits per heavy atom. The topological polar surface area (TPSA) is 95.7 Å². The van der Waals surface area contributed by atoms with Crippen LogP contribution in [-0.2, 0) is 35.5 Å². The maximum atomic E-state index is 12.7. The van der Waals surface area contributed by atoms with E-state index in [2.05, 4.69) is 26.1 Å². The molecule has 5 rings (SSSR count). The highest BCUT2D eigenvalue weighted by atomic mass is 35.5. The average Bonchev–Trinajstić information content (AvgIpc) is 3.59. The normalized spacial score (nSPS) is 13.8. The molecular formula is C29H35ClN6O3S. The molecule has 0 atom stereocenters. The van der Waals surface area contributed by atoms with Crippen LogP contribution in [-0.4, -0.2) is 74.9 Å². The molecule has 1 aliphatic rings. The van der Waals surface area contributed by atoms with Gasteiger partial charge in [-0.1, -0.05) is 47.6 Å². The lowest BCUT2D eigenvalue weighted by Gasteiger charge is -2.34. The molecule has 1 aliphatic heterocycles. The van der Waals surface area contributed by atoms with Gasteiger partial charge in [0.05, 0.1) is 21.8 Å². The van der Waals surface area contributed by atoms with Crippen molar-refractivity contribution in [1.82, 2.24) is 29.8 Å². The summed E-state index contributed by atoms with van der Waals surface area (Å²) in [6.07, 6.45) is 2.94. The Labute approximate surface area is 244 Å². The Morgan fingerprint density at radius 2 is 1.70 bits per heavy atom. The molecule has 212 valence electrons. The van der Waals surface area contributed by atoms with E-state index >= 15 is 0 Å². The van der Waals surface area contributed by atoms with E-state index in [0.29, 0.717) is 57.2 Å². The predicted molar refractivity (Wildman–Crippen MR) is 157 cm³/mol. The van der Waals surface area contributed by atoms with Crippen LogP contribution in [0.25, 0.3) is 10.2 Å². The Morgan fingerprint density at radius 3 is 2.48 bits per heavy atom. The number of nitrogens with zero attached hydrogens (tertiary/aromatic N) is 6.